The van der Waals surface area contributed by atoms with Gasteiger partial charge in [-0.2, -0.15) is 18.2 Å². The van der Waals surface area contributed by atoms with Gasteiger partial charge in [0.15, 0.2) is 0 Å². The number of carbonyl (C=O) groups excluding carboxylic acids is 1. The number of halogens is 5. The van der Waals surface area contributed by atoms with E-state index in [4.69, 9.17) is 16.3 Å². The number of aromatic nitrogens is 2. The first kappa shape index (κ1) is 29.4. The van der Waals surface area contributed by atoms with Gasteiger partial charge in [-0.1, -0.05) is 24.2 Å². The van der Waals surface area contributed by atoms with Crippen LogP contribution in [-0.2, 0) is 22.3 Å². The number of benzene rings is 2. The summed E-state index contributed by atoms with van der Waals surface area (Å²) < 4.78 is 65.3. The van der Waals surface area contributed by atoms with E-state index in [9.17, 15) is 27.2 Å². The molecule has 1 fully saturated rings. The molecule has 0 bridgehead atoms. The lowest BCUT2D eigenvalue weighted by molar-refractivity contribution is -0.137. The summed E-state index contributed by atoms with van der Waals surface area (Å²) >= 11 is 7.14. The quantitative estimate of drug-likeness (QED) is 0.283. The minimum atomic E-state index is -4.80. The molecular formula is C28H27ClF4N4O3S. The minimum Gasteiger partial charge on any atom is -0.379 e. The lowest BCUT2D eigenvalue weighted by Gasteiger charge is -2.44. The zero-order valence-electron chi connectivity index (χ0n) is 22.5. The molecule has 2 aliphatic heterocycles. The summed E-state index contributed by atoms with van der Waals surface area (Å²) in [5, 5.41) is -0.171. The summed E-state index contributed by atoms with van der Waals surface area (Å²) in [5.74, 6) is -0.641. The topological polar surface area (TPSA) is 67.7 Å². The zero-order valence-corrected chi connectivity index (χ0v) is 24.0. The van der Waals surface area contributed by atoms with Crippen LogP contribution >= 0.6 is 23.4 Å². The average molecular weight is 611 g/mol. The van der Waals surface area contributed by atoms with Crippen molar-refractivity contribution in [3.8, 4) is 11.1 Å². The summed E-state index contributed by atoms with van der Waals surface area (Å²) in [6.07, 6.45) is -4.06. The van der Waals surface area contributed by atoms with Crippen molar-refractivity contribution in [3.05, 3.63) is 63.8 Å². The Bertz CT molecular complexity index is 1600. The summed E-state index contributed by atoms with van der Waals surface area (Å²) in [6.45, 7) is 7.78. The van der Waals surface area contributed by atoms with Gasteiger partial charge >= 0.3 is 11.9 Å². The first-order chi connectivity index (χ1) is 19.3. The molecule has 3 atom stereocenters. The summed E-state index contributed by atoms with van der Waals surface area (Å²) in [7, 11) is 1.47. The SMILES string of the molecule is C=CC(=O)N1[C@H](C)CN(c2nc(=O)n3c4c(c(-c5ccc(F)c(Cl)c5)c(C(F)(F)F)cc24)SCC(OC)C3)C[C@@H]1C. The number of piperazine rings is 1. The highest BCUT2D eigenvalue weighted by atomic mass is 35.5. The summed E-state index contributed by atoms with van der Waals surface area (Å²) in [4.78, 5) is 33.9. The molecule has 13 heteroatoms. The van der Waals surface area contributed by atoms with E-state index in [1.807, 2.05) is 13.8 Å². The predicted molar refractivity (Wildman–Crippen MR) is 151 cm³/mol. The van der Waals surface area contributed by atoms with Crippen molar-refractivity contribution in [2.24, 2.45) is 0 Å². The van der Waals surface area contributed by atoms with Gasteiger partial charge in [0.25, 0.3) is 0 Å². The van der Waals surface area contributed by atoms with Crippen LogP contribution in [0.5, 0.6) is 0 Å². The Morgan fingerprint density at radius 1 is 1.20 bits per heavy atom. The first-order valence-electron chi connectivity index (χ1n) is 12.8. The second-order valence-electron chi connectivity index (χ2n) is 10.2. The molecule has 0 aliphatic carbocycles. The number of alkyl halides is 3. The van der Waals surface area contributed by atoms with Gasteiger partial charge < -0.3 is 14.5 Å². The van der Waals surface area contributed by atoms with Crippen LogP contribution in [-0.4, -0.2) is 64.5 Å². The summed E-state index contributed by atoms with van der Waals surface area (Å²) in [5.41, 5.74) is -1.42. The smallest absolute Gasteiger partial charge is 0.379 e. The van der Waals surface area contributed by atoms with Crippen LogP contribution in [0.15, 0.2) is 46.6 Å². The number of rotatable bonds is 4. The fraction of sp³-hybridized carbons (Fsp3) is 0.393. The van der Waals surface area contributed by atoms with Gasteiger partial charge in [-0.25, -0.2) is 9.18 Å². The van der Waals surface area contributed by atoms with Gasteiger partial charge in [0.05, 0.1) is 28.8 Å². The van der Waals surface area contributed by atoms with Crippen molar-refractivity contribution < 1.29 is 27.1 Å². The minimum absolute atomic E-state index is 0.0696. The maximum atomic E-state index is 14.8. The van der Waals surface area contributed by atoms with Crippen molar-refractivity contribution in [2.45, 2.75) is 49.7 Å². The van der Waals surface area contributed by atoms with Gasteiger partial charge in [0.2, 0.25) is 5.91 Å². The first-order valence-corrected chi connectivity index (χ1v) is 14.2. The van der Waals surface area contributed by atoms with E-state index in [1.165, 1.54) is 23.8 Å². The lowest BCUT2D eigenvalue weighted by Crippen LogP contribution is -2.58. The molecule has 0 N–H and O–H groups in total. The highest BCUT2D eigenvalue weighted by Crippen LogP contribution is 2.48. The van der Waals surface area contributed by atoms with Crippen molar-refractivity contribution >= 4 is 46.0 Å². The second-order valence-corrected chi connectivity index (χ2v) is 11.6. The average Bonchev–Trinajstić information content (AvgIpc) is 3.11. The van der Waals surface area contributed by atoms with Crippen LogP contribution in [0.1, 0.15) is 19.4 Å². The van der Waals surface area contributed by atoms with Crippen molar-refractivity contribution in [1.29, 1.82) is 0 Å². The number of hydrogen-bond acceptors (Lipinski definition) is 6. The molecule has 2 aliphatic rings. The molecule has 218 valence electrons. The third-order valence-electron chi connectivity index (χ3n) is 7.49. The molecule has 1 amide bonds. The number of ether oxygens (including phenoxy) is 1. The standard InChI is InChI=1S/C28H27ClF4N4O3S/c1-5-22(38)37-14(2)10-35(11-15(37)3)26-18-9-19(28(31,32)33)23(16-6-7-21(30)20(29)8-16)25-24(18)36(27(39)34-26)12-17(40-4)13-41-25/h5-9,14-15,17H,1,10-13H2,2-4H3/t14-,15+,17?. The zero-order chi connectivity index (χ0) is 29.8. The number of thioether (sulfide) groups is 1. The summed E-state index contributed by atoms with van der Waals surface area (Å²) in [6, 6.07) is 3.78. The van der Waals surface area contributed by atoms with Gasteiger partial charge in [0, 0.05) is 53.9 Å². The molecule has 2 aromatic carbocycles. The molecule has 7 nitrogen and oxygen atoms in total. The molecule has 1 saturated heterocycles. The third kappa shape index (κ3) is 5.21. The van der Waals surface area contributed by atoms with Crippen LogP contribution in [0, 0.1) is 5.82 Å². The molecule has 3 aromatic rings. The molecule has 1 unspecified atom stereocenters. The molecule has 1 aromatic heterocycles. The van der Waals surface area contributed by atoms with E-state index >= 15 is 0 Å². The van der Waals surface area contributed by atoms with Gasteiger partial charge in [-0.15, -0.1) is 11.8 Å². The Labute approximate surface area is 242 Å². The number of hydrogen-bond donors (Lipinski definition) is 0. The van der Waals surface area contributed by atoms with Crippen LogP contribution in [0.25, 0.3) is 22.0 Å². The number of carbonyl (C=O) groups is 1. The Kier molecular flexibility index (Phi) is 7.86. The van der Waals surface area contributed by atoms with E-state index in [0.717, 1.165) is 30.0 Å². The van der Waals surface area contributed by atoms with Crippen molar-refractivity contribution in [2.75, 3.05) is 30.9 Å². The number of methoxy groups -OCH3 is 1. The fourth-order valence-corrected chi connectivity index (χ4v) is 7.22. The van der Waals surface area contributed by atoms with E-state index in [0.29, 0.717) is 0 Å². The third-order valence-corrected chi connectivity index (χ3v) is 9.01. The Morgan fingerprint density at radius 2 is 1.88 bits per heavy atom. The lowest BCUT2D eigenvalue weighted by atomic mass is 9.96. The maximum absolute atomic E-state index is 14.8. The molecular weight excluding hydrogens is 584 g/mol. The van der Waals surface area contributed by atoms with Crippen molar-refractivity contribution in [1.82, 2.24) is 14.5 Å². The Hall–Kier alpha value is -3.09. The van der Waals surface area contributed by atoms with E-state index < -0.39 is 29.4 Å². The van der Waals surface area contributed by atoms with Crippen LogP contribution in [0.2, 0.25) is 5.02 Å². The van der Waals surface area contributed by atoms with E-state index in [-0.39, 0.29) is 81.1 Å². The van der Waals surface area contributed by atoms with Gasteiger partial charge in [0.1, 0.15) is 11.6 Å². The van der Waals surface area contributed by atoms with Crippen LogP contribution < -0.4 is 10.6 Å². The fourth-order valence-electron chi connectivity index (χ4n) is 5.72. The molecule has 3 heterocycles. The number of anilines is 1. The second kappa shape index (κ2) is 11.0. The number of nitrogens with zero attached hydrogens (tertiary/aromatic N) is 4. The van der Waals surface area contributed by atoms with E-state index in [2.05, 4.69) is 11.6 Å². The normalized spacial score (nSPS) is 21.2. The van der Waals surface area contributed by atoms with E-state index in [1.54, 1.807) is 9.80 Å². The monoisotopic (exact) mass is 610 g/mol. The molecule has 41 heavy (non-hydrogen) atoms. The molecule has 5 rings (SSSR count). The predicted octanol–water partition coefficient (Wildman–Crippen LogP) is 5.61. The molecule has 0 spiro atoms. The van der Waals surface area contributed by atoms with Crippen LogP contribution in [0.3, 0.4) is 0 Å². The molecule has 0 radical (unpaired) electrons. The Balaban J connectivity index is 1.83. The van der Waals surface area contributed by atoms with Crippen molar-refractivity contribution in [3.63, 3.8) is 0 Å². The number of amides is 1. The molecule has 0 saturated carbocycles. The van der Waals surface area contributed by atoms with Gasteiger partial charge in [-0.3, -0.25) is 9.36 Å². The van der Waals surface area contributed by atoms with Gasteiger partial charge in [-0.05, 0) is 43.7 Å². The largest absolute Gasteiger partial charge is 0.417 e. The Morgan fingerprint density at radius 3 is 2.46 bits per heavy atom. The maximum Gasteiger partial charge on any atom is 0.417 e. The highest BCUT2D eigenvalue weighted by molar-refractivity contribution is 7.99. The van der Waals surface area contributed by atoms with Crippen LogP contribution in [0.4, 0.5) is 23.4 Å². The highest BCUT2D eigenvalue weighted by Gasteiger charge is 2.40.